The van der Waals surface area contributed by atoms with Crippen LogP contribution in [0.4, 0.5) is 10.5 Å². The van der Waals surface area contributed by atoms with E-state index in [2.05, 4.69) is 28.1 Å². The fourth-order valence-corrected chi connectivity index (χ4v) is 3.05. The van der Waals surface area contributed by atoms with E-state index in [0.29, 0.717) is 0 Å². The number of amides is 2. The summed E-state index contributed by atoms with van der Waals surface area (Å²) in [6.07, 6.45) is 0.975. The Morgan fingerprint density at radius 2 is 1.96 bits per heavy atom. The molecule has 6 heteroatoms. The molecule has 0 atom stereocenters. The molecule has 23 heavy (non-hydrogen) atoms. The van der Waals surface area contributed by atoms with Gasteiger partial charge in [-0.1, -0.05) is 11.6 Å². The molecule has 0 radical (unpaired) electrons. The van der Waals surface area contributed by atoms with E-state index in [4.69, 9.17) is 11.6 Å². The number of hydrogen-bond donors (Lipinski definition) is 1. The topological polar surface area (TPSA) is 38.8 Å². The number of nitrogens with zero attached hydrogens (tertiary/aromatic N) is 3. The van der Waals surface area contributed by atoms with Crippen LogP contribution >= 0.6 is 11.6 Å². The van der Waals surface area contributed by atoms with E-state index in [-0.39, 0.29) is 6.03 Å². The van der Waals surface area contributed by atoms with Gasteiger partial charge in [-0.25, -0.2) is 4.79 Å². The smallest absolute Gasteiger partial charge is 0.317 e. The summed E-state index contributed by atoms with van der Waals surface area (Å²) in [7, 11) is 4.08. The van der Waals surface area contributed by atoms with Crippen molar-refractivity contribution in [2.24, 2.45) is 0 Å². The Labute approximate surface area is 144 Å². The van der Waals surface area contributed by atoms with Crippen molar-refractivity contribution in [3.05, 3.63) is 28.8 Å². The number of rotatable bonds is 5. The van der Waals surface area contributed by atoms with Crippen LogP contribution in [-0.4, -0.2) is 69.2 Å². The van der Waals surface area contributed by atoms with Gasteiger partial charge in [0.25, 0.3) is 0 Å². The normalized spacial score (nSPS) is 15.2. The molecule has 1 aliphatic heterocycles. The highest BCUT2D eigenvalue weighted by atomic mass is 35.5. The van der Waals surface area contributed by atoms with Gasteiger partial charge in [0.1, 0.15) is 0 Å². The molecule has 5 nitrogen and oxygen atoms in total. The van der Waals surface area contributed by atoms with Crippen molar-refractivity contribution in [1.82, 2.24) is 15.1 Å². The van der Waals surface area contributed by atoms with Crippen molar-refractivity contribution < 1.29 is 4.79 Å². The summed E-state index contributed by atoms with van der Waals surface area (Å²) in [5.41, 5.74) is 2.39. The standard InChI is InChI=1S/C17H27ClN4O/c1-14-13-15(18)5-6-16(14)21-9-11-22(12-10-21)17(23)19-7-4-8-20(2)3/h5-6,13H,4,7-12H2,1-3H3,(H,19,23). The van der Waals surface area contributed by atoms with Crippen LogP contribution in [0.1, 0.15) is 12.0 Å². The molecule has 1 saturated heterocycles. The highest BCUT2D eigenvalue weighted by Gasteiger charge is 2.21. The van der Waals surface area contributed by atoms with Gasteiger partial charge in [-0.15, -0.1) is 0 Å². The monoisotopic (exact) mass is 338 g/mol. The SMILES string of the molecule is Cc1cc(Cl)ccc1N1CCN(C(=O)NCCCN(C)C)CC1. The van der Waals surface area contributed by atoms with Crippen molar-refractivity contribution in [3.8, 4) is 0 Å². The molecule has 2 rings (SSSR count). The minimum atomic E-state index is 0.0521. The summed E-state index contributed by atoms with van der Waals surface area (Å²) in [5, 5.41) is 3.77. The molecule has 0 aliphatic carbocycles. The first-order chi connectivity index (χ1) is 11.0. The molecular formula is C17H27ClN4O. The van der Waals surface area contributed by atoms with Gasteiger partial charge >= 0.3 is 6.03 Å². The molecular weight excluding hydrogens is 312 g/mol. The maximum absolute atomic E-state index is 12.2. The number of hydrogen-bond acceptors (Lipinski definition) is 3. The summed E-state index contributed by atoms with van der Waals surface area (Å²) in [5.74, 6) is 0. The van der Waals surface area contributed by atoms with E-state index in [0.717, 1.165) is 50.7 Å². The van der Waals surface area contributed by atoms with Crippen molar-refractivity contribution in [2.75, 3.05) is 58.3 Å². The van der Waals surface area contributed by atoms with Crippen molar-refractivity contribution in [3.63, 3.8) is 0 Å². The maximum atomic E-state index is 12.2. The predicted octanol–water partition coefficient (Wildman–Crippen LogP) is 2.43. The molecule has 0 spiro atoms. The lowest BCUT2D eigenvalue weighted by atomic mass is 10.1. The molecule has 1 N–H and O–H groups in total. The lowest BCUT2D eigenvalue weighted by molar-refractivity contribution is 0.194. The van der Waals surface area contributed by atoms with E-state index in [1.807, 2.05) is 31.1 Å². The number of anilines is 1. The van der Waals surface area contributed by atoms with Gasteiger partial charge in [0.2, 0.25) is 0 Å². The third-order valence-electron chi connectivity index (χ3n) is 4.12. The van der Waals surface area contributed by atoms with E-state index in [1.54, 1.807) is 0 Å². The molecule has 1 aliphatic rings. The number of nitrogens with one attached hydrogen (secondary N) is 1. The molecule has 0 unspecified atom stereocenters. The van der Waals surface area contributed by atoms with Crippen LogP contribution in [0.15, 0.2) is 18.2 Å². The average molecular weight is 339 g/mol. The first-order valence-electron chi connectivity index (χ1n) is 8.16. The molecule has 2 amide bonds. The van der Waals surface area contributed by atoms with Crippen molar-refractivity contribution in [1.29, 1.82) is 0 Å². The van der Waals surface area contributed by atoms with Crippen LogP contribution in [0.3, 0.4) is 0 Å². The van der Waals surface area contributed by atoms with Crippen molar-refractivity contribution in [2.45, 2.75) is 13.3 Å². The third-order valence-corrected chi connectivity index (χ3v) is 4.36. The Morgan fingerprint density at radius 3 is 2.57 bits per heavy atom. The van der Waals surface area contributed by atoms with Gasteiger partial charge in [-0.2, -0.15) is 0 Å². The van der Waals surface area contributed by atoms with Gasteiger partial charge < -0.3 is 20.0 Å². The number of urea groups is 1. The van der Waals surface area contributed by atoms with Gasteiger partial charge in [0, 0.05) is 43.4 Å². The lowest BCUT2D eigenvalue weighted by Crippen LogP contribution is -2.52. The van der Waals surface area contributed by atoms with Crippen LogP contribution in [0.5, 0.6) is 0 Å². The van der Waals surface area contributed by atoms with E-state index >= 15 is 0 Å². The fourth-order valence-electron chi connectivity index (χ4n) is 2.83. The first kappa shape index (κ1) is 17.9. The summed E-state index contributed by atoms with van der Waals surface area (Å²) in [6.45, 7) is 7.01. The van der Waals surface area contributed by atoms with E-state index in [9.17, 15) is 4.79 Å². The number of piperazine rings is 1. The second-order valence-corrected chi connectivity index (χ2v) is 6.73. The minimum absolute atomic E-state index is 0.0521. The van der Waals surface area contributed by atoms with Crippen molar-refractivity contribution >= 4 is 23.3 Å². The zero-order valence-corrected chi connectivity index (χ0v) is 15.1. The summed E-state index contributed by atoms with van der Waals surface area (Å²) in [4.78, 5) is 18.5. The molecule has 0 bridgehead atoms. The van der Waals surface area contributed by atoms with Crippen LogP contribution < -0.4 is 10.2 Å². The summed E-state index contributed by atoms with van der Waals surface area (Å²) >= 11 is 6.02. The zero-order chi connectivity index (χ0) is 16.8. The maximum Gasteiger partial charge on any atom is 0.317 e. The van der Waals surface area contributed by atoms with E-state index in [1.165, 1.54) is 11.3 Å². The number of benzene rings is 1. The Bertz CT molecular complexity index is 527. The Morgan fingerprint density at radius 1 is 1.26 bits per heavy atom. The number of halogens is 1. The molecule has 0 aromatic heterocycles. The minimum Gasteiger partial charge on any atom is -0.368 e. The molecule has 128 valence electrons. The lowest BCUT2D eigenvalue weighted by Gasteiger charge is -2.36. The second-order valence-electron chi connectivity index (χ2n) is 6.29. The van der Waals surface area contributed by atoms with Crippen LogP contribution in [0, 0.1) is 6.92 Å². The Balaban J connectivity index is 1.78. The average Bonchev–Trinajstić information content (AvgIpc) is 2.51. The van der Waals surface area contributed by atoms with Gasteiger partial charge in [-0.3, -0.25) is 0 Å². The molecule has 0 saturated carbocycles. The Hall–Kier alpha value is -1.46. The third kappa shape index (κ3) is 5.29. The predicted molar refractivity (Wildman–Crippen MR) is 96.5 cm³/mol. The van der Waals surface area contributed by atoms with Gasteiger partial charge in [0.15, 0.2) is 0 Å². The fraction of sp³-hybridized carbons (Fsp3) is 0.588. The Kier molecular flexibility index (Phi) is 6.54. The zero-order valence-electron chi connectivity index (χ0n) is 14.3. The van der Waals surface area contributed by atoms with Crippen LogP contribution in [0.25, 0.3) is 0 Å². The van der Waals surface area contributed by atoms with E-state index < -0.39 is 0 Å². The summed E-state index contributed by atoms with van der Waals surface area (Å²) in [6, 6.07) is 6.03. The first-order valence-corrected chi connectivity index (χ1v) is 8.54. The van der Waals surface area contributed by atoms with Gasteiger partial charge in [-0.05, 0) is 57.7 Å². The largest absolute Gasteiger partial charge is 0.368 e. The molecule has 1 aromatic rings. The molecule has 1 aromatic carbocycles. The molecule has 1 heterocycles. The number of carbonyl (C=O) groups is 1. The second kappa shape index (κ2) is 8.41. The highest BCUT2D eigenvalue weighted by molar-refractivity contribution is 6.30. The quantitative estimate of drug-likeness (QED) is 0.838. The van der Waals surface area contributed by atoms with Crippen LogP contribution in [-0.2, 0) is 0 Å². The van der Waals surface area contributed by atoms with Crippen LogP contribution in [0.2, 0.25) is 5.02 Å². The highest BCUT2D eigenvalue weighted by Crippen LogP contribution is 2.24. The molecule has 1 fully saturated rings. The van der Waals surface area contributed by atoms with Gasteiger partial charge in [0.05, 0.1) is 0 Å². The number of carbonyl (C=O) groups excluding carboxylic acids is 1. The number of aryl methyl sites for hydroxylation is 1. The summed E-state index contributed by atoms with van der Waals surface area (Å²) < 4.78 is 0.